The van der Waals surface area contributed by atoms with E-state index in [2.05, 4.69) is 10.3 Å². The highest BCUT2D eigenvalue weighted by Gasteiger charge is 2.35. The average Bonchev–Trinajstić information content (AvgIpc) is 2.38. The van der Waals surface area contributed by atoms with Crippen molar-refractivity contribution < 1.29 is 14.7 Å². The lowest BCUT2D eigenvalue weighted by atomic mass is 9.78. The van der Waals surface area contributed by atoms with Crippen molar-refractivity contribution in [2.24, 2.45) is 11.8 Å². The maximum Gasteiger partial charge on any atom is 0.307 e. The molecular weight excluding hydrogens is 244 g/mol. The molecule has 1 aromatic rings. The number of carboxylic acids is 1. The third-order valence-corrected chi connectivity index (χ3v) is 3.56. The standard InChI is InChI=1S/C14H18N2O3/c1-9-6-10(8-15-7-9)16-13(17)11-4-2-3-5-12(11)14(18)19/h6-8,11-12H,2-5H2,1H3,(H,16,17)(H,18,19). The minimum atomic E-state index is -0.873. The fourth-order valence-electron chi connectivity index (χ4n) is 2.60. The highest BCUT2D eigenvalue weighted by molar-refractivity contribution is 5.95. The first kappa shape index (κ1) is 13.5. The third-order valence-electron chi connectivity index (χ3n) is 3.56. The van der Waals surface area contributed by atoms with Crippen molar-refractivity contribution in [1.29, 1.82) is 0 Å². The van der Waals surface area contributed by atoms with Crippen LogP contribution in [-0.4, -0.2) is 22.0 Å². The first-order valence-electron chi connectivity index (χ1n) is 6.53. The van der Waals surface area contributed by atoms with E-state index in [9.17, 15) is 14.7 Å². The second-order valence-electron chi connectivity index (χ2n) is 5.08. The number of hydrogen-bond donors (Lipinski definition) is 2. The van der Waals surface area contributed by atoms with Gasteiger partial charge in [0.15, 0.2) is 0 Å². The Labute approximate surface area is 112 Å². The fourth-order valence-corrected chi connectivity index (χ4v) is 2.60. The van der Waals surface area contributed by atoms with Crippen LogP contribution < -0.4 is 5.32 Å². The lowest BCUT2D eigenvalue weighted by Gasteiger charge is -2.27. The van der Waals surface area contributed by atoms with E-state index in [0.717, 1.165) is 18.4 Å². The molecule has 1 fully saturated rings. The van der Waals surface area contributed by atoms with Gasteiger partial charge in [0.25, 0.3) is 0 Å². The molecule has 2 rings (SSSR count). The number of nitrogens with one attached hydrogen (secondary N) is 1. The zero-order chi connectivity index (χ0) is 13.8. The Morgan fingerprint density at radius 3 is 2.58 bits per heavy atom. The number of aliphatic carboxylic acids is 1. The van der Waals surface area contributed by atoms with Crippen molar-refractivity contribution in [2.75, 3.05) is 5.32 Å². The van der Waals surface area contributed by atoms with Crippen LogP contribution in [0.3, 0.4) is 0 Å². The van der Waals surface area contributed by atoms with Gasteiger partial charge < -0.3 is 10.4 Å². The van der Waals surface area contributed by atoms with Crippen molar-refractivity contribution in [3.05, 3.63) is 24.0 Å². The smallest absolute Gasteiger partial charge is 0.307 e. The Hall–Kier alpha value is -1.91. The number of carbonyl (C=O) groups excluding carboxylic acids is 1. The van der Waals surface area contributed by atoms with E-state index in [4.69, 9.17) is 0 Å². The summed E-state index contributed by atoms with van der Waals surface area (Å²) in [5, 5.41) is 11.9. The molecule has 0 aliphatic heterocycles. The number of carbonyl (C=O) groups is 2. The number of hydrogen-bond acceptors (Lipinski definition) is 3. The second kappa shape index (κ2) is 5.82. The highest BCUT2D eigenvalue weighted by Crippen LogP contribution is 2.31. The molecule has 19 heavy (non-hydrogen) atoms. The molecule has 1 saturated carbocycles. The number of nitrogens with zero attached hydrogens (tertiary/aromatic N) is 1. The quantitative estimate of drug-likeness (QED) is 0.875. The largest absolute Gasteiger partial charge is 0.481 e. The summed E-state index contributed by atoms with van der Waals surface area (Å²) in [5.74, 6) is -2.08. The molecule has 0 spiro atoms. The Morgan fingerprint density at radius 2 is 1.95 bits per heavy atom. The summed E-state index contributed by atoms with van der Waals surface area (Å²) in [5.41, 5.74) is 1.58. The maximum absolute atomic E-state index is 12.2. The predicted octanol–water partition coefficient (Wildman–Crippen LogP) is 2.22. The van der Waals surface area contributed by atoms with E-state index in [0.29, 0.717) is 18.5 Å². The summed E-state index contributed by atoms with van der Waals surface area (Å²) in [6.07, 6.45) is 6.29. The summed E-state index contributed by atoms with van der Waals surface area (Å²) in [4.78, 5) is 27.4. The molecule has 0 saturated heterocycles. The highest BCUT2D eigenvalue weighted by atomic mass is 16.4. The van der Waals surface area contributed by atoms with Gasteiger partial charge in [-0.25, -0.2) is 0 Å². The number of anilines is 1. The topological polar surface area (TPSA) is 79.3 Å². The average molecular weight is 262 g/mol. The minimum absolute atomic E-state index is 0.209. The molecule has 2 unspecified atom stereocenters. The van der Waals surface area contributed by atoms with Gasteiger partial charge in [0, 0.05) is 6.20 Å². The molecule has 102 valence electrons. The van der Waals surface area contributed by atoms with Gasteiger partial charge in [-0.2, -0.15) is 0 Å². The van der Waals surface area contributed by atoms with Crippen LogP contribution in [0, 0.1) is 18.8 Å². The summed E-state index contributed by atoms with van der Waals surface area (Å²) in [6, 6.07) is 1.82. The molecule has 1 aliphatic rings. The Kier molecular flexibility index (Phi) is 4.14. The van der Waals surface area contributed by atoms with Crippen LogP contribution >= 0.6 is 0 Å². The monoisotopic (exact) mass is 262 g/mol. The van der Waals surface area contributed by atoms with Gasteiger partial charge in [-0.1, -0.05) is 12.8 Å². The summed E-state index contributed by atoms with van der Waals surface area (Å²) in [7, 11) is 0. The molecular formula is C14H18N2O3. The number of pyridine rings is 1. The van der Waals surface area contributed by atoms with Crippen molar-refractivity contribution in [1.82, 2.24) is 4.98 Å². The first-order valence-corrected chi connectivity index (χ1v) is 6.53. The van der Waals surface area contributed by atoms with E-state index in [-0.39, 0.29) is 5.91 Å². The van der Waals surface area contributed by atoms with Gasteiger partial charge in [0.1, 0.15) is 0 Å². The Balaban J connectivity index is 2.07. The fraction of sp³-hybridized carbons (Fsp3) is 0.500. The summed E-state index contributed by atoms with van der Waals surface area (Å²) >= 11 is 0. The van der Waals surface area contributed by atoms with Crippen LogP contribution in [0.25, 0.3) is 0 Å². The van der Waals surface area contributed by atoms with E-state index < -0.39 is 17.8 Å². The van der Waals surface area contributed by atoms with Crippen molar-refractivity contribution in [3.63, 3.8) is 0 Å². The first-order chi connectivity index (χ1) is 9.08. The van der Waals surface area contributed by atoms with E-state index >= 15 is 0 Å². The Bertz CT molecular complexity index is 487. The van der Waals surface area contributed by atoms with E-state index in [1.807, 2.05) is 13.0 Å². The number of aryl methyl sites for hydroxylation is 1. The number of amides is 1. The normalized spacial score (nSPS) is 22.8. The van der Waals surface area contributed by atoms with Crippen molar-refractivity contribution >= 4 is 17.6 Å². The molecule has 2 N–H and O–H groups in total. The molecule has 1 aliphatic carbocycles. The van der Waals surface area contributed by atoms with Crippen LogP contribution in [-0.2, 0) is 9.59 Å². The summed E-state index contributed by atoms with van der Waals surface area (Å²) < 4.78 is 0. The zero-order valence-corrected chi connectivity index (χ0v) is 10.9. The number of aromatic nitrogens is 1. The molecule has 1 amide bonds. The van der Waals surface area contributed by atoms with Crippen molar-refractivity contribution in [2.45, 2.75) is 32.6 Å². The molecule has 5 nitrogen and oxygen atoms in total. The van der Waals surface area contributed by atoms with Crippen LogP contribution in [0.1, 0.15) is 31.2 Å². The lowest BCUT2D eigenvalue weighted by molar-refractivity contribution is -0.147. The molecule has 2 atom stereocenters. The van der Waals surface area contributed by atoms with Crippen LogP contribution in [0.2, 0.25) is 0 Å². The third kappa shape index (κ3) is 3.30. The molecule has 0 aromatic carbocycles. The van der Waals surface area contributed by atoms with E-state index in [1.54, 1.807) is 12.4 Å². The molecule has 5 heteroatoms. The number of carboxylic acid groups (broad SMARTS) is 1. The van der Waals surface area contributed by atoms with Crippen LogP contribution in [0.15, 0.2) is 18.5 Å². The molecule has 0 radical (unpaired) electrons. The lowest BCUT2D eigenvalue weighted by Crippen LogP contribution is -2.36. The van der Waals surface area contributed by atoms with Crippen LogP contribution in [0.5, 0.6) is 0 Å². The SMILES string of the molecule is Cc1cncc(NC(=O)C2CCCCC2C(=O)O)c1. The van der Waals surface area contributed by atoms with Crippen LogP contribution in [0.4, 0.5) is 5.69 Å². The Morgan fingerprint density at radius 1 is 1.26 bits per heavy atom. The maximum atomic E-state index is 12.2. The van der Waals surface area contributed by atoms with Gasteiger partial charge >= 0.3 is 5.97 Å². The van der Waals surface area contributed by atoms with Crippen molar-refractivity contribution in [3.8, 4) is 0 Å². The summed E-state index contributed by atoms with van der Waals surface area (Å²) in [6.45, 7) is 1.89. The molecule has 0 bridgehead atoms. The minimum Gasteiger partial charge on any atom is -0.481 e. The van der Waals surface area contributed by atoms with Gasteiger partial charge in [0.05, 0.1) is 23.7 Å². The number of rotatable bonds is 3. The predicted molar refractivity (Wildman–Crippen MR) is 70.7 cm³/mol. The van der Waals surface area contributed by atoms with E-state index in [1.165, 1.54) is 0 Å². The van der Waals surface area contributed by atoms with Gasteiger partial charge in [-0.05, 0) is 31.4 Å². The molecule has 1 aromatic heterocycles. The van der Waals surface area contributed by atoms with Gasteiger partial charge in [-0.15, -0.1) is 0 Å². The molecule has 1 heterocycles. The zero-order valence-electron chi connectivity index (χ0n) is 10.9. The van der Waals surface area contributed by atoms with Gasteiger partial charge in [-0.3, -0.25) is 14.6 Å². The second-order valence-corrected chi connectivity index (χ2v) is 5.08. The van der Waals surface area contributed by atoms with Gasteiger partial charge in [0.2, 0.25) is 5.91 Å².